The Morgan fingerprint density at radius 3 is 2.35 bits per heavy atom. The van der Waals surface area contributed by atoms with Crippen molar-refractivity contribution in [1.29, 1.82) is 0 Å². The molecule has 1 N–H and O–H groups in total. The van der Waals surface area contributed by atoms with Gasteiger partial charge in [-0.2, -0.15) is 0 Å². The lowest BCUT2D eigenvalue weighted by atomic mass is 9.92. The number of rotatable bonds is 8. The molecule has 2 aromatic carbocycles. The maximum absolute atomic E-state index is 13.1. The number of aliphatic hydroxyl groups excluding tert-OH is 1. The van der Waals surface area contributed by atoms with Crippen molar-refractivity contribution in [2.75, 3.05) is 33.3 Å². The average Bonchev–Trinajstić information content (AvgIpc) is 3.04. The molecule has 0 saturated carbocycles. The molecule has 6 heteroatoms. The summed E-state index contributed by atoms with van der Waals surface area (Å²) in [4.78, 5) is 30.0. The van der Waals surface area contributed by atoms with Gasteiger partial charge in [-0.3, -0.25) is 9.59 Å². The molecule has 1 aliphatic rings. The number of carbonyl (C=O) groups excluding carboxylic acids is 2. The number of ketones is 1. The van der Waals surface area contributed by atoms with Crippen molar-refractivity contribution in [2.24, 2.45) is 0 Å². The quantitative estimate of drug-likeness (QED) is 0.398. The van der Waals surface area contributed by atoms with E-state index in [1.54, 1.807) is 29.2 Å². The topological polar surface area (TPSA) is 70.1 Å². The van der Waals surface area contributed by atoms with Crippen LogP contribution in [0, 0.1) is 6.92 Å². The normalized spacial score (nSPS) is 18.1. The fraction of sp³-hybridized carbons (Fsp3) is 0.360. The third-order valence-electron chi connectivity index (χ3n) is 5.94. The smallest absolute Gasteiger partial charge is 0.295 e. The molecule has 0 aliphatic carbocycles. The number of hydrogen-bond acceptors (Lipinski definition) is 5. The lowest BCUT2D eigenvalue weighted by Crippen LogP contribution is -2.38. The van der Waals surface area contributed by atoms with E-state index < -0.39 is 17.7 Å². The number of benzene rings is 2. The number of Topliss-reactive ketones (excluding diaryl/α,β-unsaturated/α-hetero) is 1. The van der Waals surface area contributed by atoms with Gasteiger partial charge in [-0.15, -0.1) is 0 Å². The van der Waals surface area contributed by atoms with Gasteiger partial charge in [0, 0.05) is 13.1 Å². The van der Waals surface area contributed by atoms with Gasteiger partial charge in [0.2, 0.25) is 0 Å². The number of methoxy groups -OCH3 is 1. The van der Waals surface area contributed by atoms with E-state index in [-0.39, 0.29) is 11.3 Å². The molecule has 1 atom stereocenters. The molecule has 31 heavy (non-hydrogen) atoms. The standard InChI is InChI=1S/C25H30N2O4/c1-5-26(6-2)15-16-27-22(18-12-8-7-11-17(18)3)21(24(29)25(27)30)23(28)19-13-9-10-14-20(19)31-4/h7-14,22,28H,5-6,15-16H2,1-4H3/b23-21+. The predicted octanol–water partition coefficient (Wildman–Crippen LogP) is 3.77. The van der Waals surface area contributed by atoms with Crippen LogP contribution in [0.3, 0.4) is 0 Å². The zero-order valence-electron chi connectivity index (χ0n) is 18.6. The van der Waals surface area contributed by atoms with Gasteiger partial charge < -0.3 is 19.6 Å². The van der Waals surface area contributed by atoms with E-state index in [0.717, 1.165) is 24.2 Å². The first-order chi connectivity index (χ1) is 14.9. The SMILES string of the molecule is CCN(CC)CCN1C(=O)C(=O)/C(=C(/O)c2ccccc2OC)C1c1ccccc1C. The Morgan fingerprint density at radius 2 is 1.71 bits per heavy atom. The van der Waals surface area contributed by atoms with E-state index in [2.05, 4.69) is 18.7 Å². The Kier molecular flexibility index (Phi) is 7.13. The van der Waals surface area contributed by atoms with Crippen LogP contribution in [0.15, 0.2) is 54.1 Å². The van der Waals surface area contributed by atoms with Crippen molar-refractivity contribution in [3.05, 3.63) is 70.8 Å². The van der Waals surface area contributed by atoms with Crippen LogP contribution in [0.25, 0.3) is 5.76 Å². The second kappa shape index (κ2) is 9.79. The highest BCUT2D eigenvalue weighted by molar-refractivity contribution is 6.46. The van der Waals surface area contributed by atoms with Crippen molar-refractivity contribution >= 4 is 17.4 Å². The Hall–Kier alpha value is -3.12. The van der Waals surface area contributed by atoms with Crippen molar-refractivity contribution < 1.29 is 19.4 Å². The van der Waals surface area contributed by atoms with Gasteiger partial charge in [-0.05, 0) is 43.3 Å². The molecule has 164 valence electrons. The number of hydrogen-bond donors (Lipinski definition) is 1. The second-order valence-electron chi connectivity index (χ2n) is 7.58. The molecule has 0 radical (unpaired) electrons. The minimum atomic E-state index is -0.670. The summed E-state index contributed by atoms with van der Waals surface area (Å²) in [5, 5.41) is 11.2. The number of para-hydroxylation sites is 1. The lowest BCUT2D eigenvalue weighted by molar-refractivity contribution is -0.140. The zero-order chi connectivity index (χ0) is 22.5. The van der Waals surface area contributed by atoms with E-state index in [0.29, 0.717) is 24.4 Å². The van der Waals surface area contributed by atoms with Crippen LogP contribution in [-0.4, -0.2) is 59.9 Å². The van der Waals surface area contributed by atoms with Crippen molar-refractivity contribution in [2.45, 2.75) is 26.8 Å². The number of aliphatic hydroxyl groups is 1. The number of ether oxygens (including phenoxy) is 1. The van der Waals surface area contributed by atoms with Crippen LogP contribution in [-0.2, 0) is 9.59 Å². The van der Waals surface area contributed by atoms with E-state index in [4.69, 9.17) is 4.74 Å². The summed E-state index contributed by atoms with van der Waals surface area (Å²) in [6.45, 7) is 8.84. The van der Waals surface area contributed by atoms with E-state index in [1.165, 1.54) is 7.11 Å². The fourth-order valence-corrected chi connectivity index (χ4v) is 4.10. The molecular weight excluding hydrogens is 392 g/mol. The lowest BCUT2D eigenvalue weighted by Gasteiger charge is -2.29. The Balaban J connectivity index is 2.16. The number of aryl methyl sites for hydroxylation is 1. The molecule has 6 nitrogen and oxygen atoms in total. The third kappa shape index (κ3) is 4.35. The fourth-order valence-electron chi connectivity index (χ4n) is 4.10. The summed E-state index contributed by atoms with van der Waals surface area (Å²) < 4.78 is 5.38. The Bertz CT molecular complexity index is 995. The average molecular weight is 423 g/mol. The van der Waals surface area contributed by atoms with Gasteiger partial charge in [-0.1, -0.05) is 50.2 Å². The maximum Gasteiger partial charge on any atom is 0.295 e. The van der Waals surface area contributed by atoms with Crippen molar-refractivity contribution in [1.82, 2.24) is 9.80 Å². The van der Waals surface area contributed by atoms with Crippen LogP contribution in [0.4, 0.5) is 0 Å². The summed E-state index contributed by atoms with van der Waals surface area (Å²) in [7, 11) is 1.51. The molecule has 1 heterocycles. The Morgan fingerprint density at radius 1 is 1.06 bits per heavy atom. The van der Waals surface area contributed by atoms with Gasteiger partial charge in [0.1, 0.15) is 11.5 Å². The number of amides is 1. The summed E-state index contributed by atoms with van der Waals surface area (Å²) in [5.74, 6) is -1.03. The largest absolute Gasteiger partial charge is 0.507 e. The van der Waals surface area contributed by atoms with Gasteiger partial charge in [0.15, 0.2) is 0 Å². The highest BCUT2D eigenvalue weighted by Crippen LogP contribution is 2.41. The molecule has 3 rings (SSSR count). The molecule has 0 bridgehead atoms. The minimum Gasteiger partial charge on any atom is -0.507 e. The number of carbonyl (C=O) groups is 2. The highest BCUT2D eigenvalue weighted by atomic mass is 16.5. The zero-order valence-corrected chi connectivity index (χ0v) is 18.6. The monoisotopic (exact) mass is 422 g/mol. The second-order valence-corrected chi connectivity index (χ2v) is 7.58. The first-order valence-corrected chi connectivity index (χ1v) is 10.6. The maximum atomic E-state index is 13.1. The Labute approximate surface area is 183 Å². The van der Waals surface area contributed by atoms with E-state index in [1.807, 2.05) is 31.2 Å². The molecular formula is C25H30N2O4. The van der Waals surface area contributed by atoms with E-state index >= 15 is 0 Å². The first-order valence-electron chi connectivity index (χ1n) is 10.6. The van der Waals surface area contributed by atoms with Gasteiger partial charge in [0.25, 0.3) is 11.7 Å². The summed E-state index contributed by atoms with van der Waals surface area (Å²) >= 11 is 0. The molecule has 2 aromatic rings. The molecule has 1 aliphatic heterocycles. The van der Waals surface area contributed by atoms with Crippen LogP contribution < -0.4 is 4.74 Å². The van der Waals surface area contributed by atoms with Crippen molar-refractivity contribution in [3.63, 3.8) is 0 Å². The summed E-state index contributed by atoms with van der Waals surface area (Å²) in [6.07, 6.45) is 0. The number of likely N-dealkylation sites (N-methyl/N-ethyl adjacent to an activating group) is 1. The minimum absolute atomic E-state index is 0.100. The molecule has 1 amide bonds. The van der Waals surface area contributed by atoms with Gasteiger partial charge in [-0.25, -0.2) is 0 Å². The van der Waals surface area contributed by atoms with Crippen LogP contribution >= 0.6 is 0 Å². The van der Waals surface area contributed by atoms with Gasteiger partial charge >= 0.3 is 0 Å². The predicted molar refractivity (Wildman–Crippen MR) is 121 cm³/mol. The number of nitrogens with zero attached hydrogens (tertiary/aromatic N) is 2. The van der Waals surface area contributed by atoms with Crippen LogP contribution in [0.1, 0.15) is 36.6 Å². The van der Waals surface area contributed by atoms with Gasteiger partial charge in [0.05, 0.1) is 24.3 Å². The first kappa shape index (κ1) is 22.6. The molecule has 1 unspecified atom stereocenters. The molecule has 0 spiro atoms. The molecule has 1 fully saturated rings. The van der Waals surface area contributed by atoms with Crippen LogP contribution in [0.2, 0.25) is 0 Å². The van der Waals surface area contributed by atoms with E-state index in [9.17, 15) is 14.7 Å². The van der Waals surface area contributed by atoms with Crippen LogP contribution in [0.5, 0.6) is 5.75 Å². The highest BCUT2D eigenvalue weighted by Gasteiger charge is 2.46. The summed E-state index contributed by atoms with van der Waals surface area (Å²) in [5.41, 5.74) is 2.28. The third-order valence-corrected chi connectivity index (χ3v) is 5.94. The molecule has 1 saturated heterocycles. The number of likely N-dealkylation sites (tertiary alicyclic amines) is 1. The summed E-state index contributed by atoms with van der Waals surface area (Å²) in [6, 6.07) is 14.0. The molecule has 0 aromatic heterocycles. The van der Waals surface area contributed by atoms with Crippen molar-refractivity contribution in [3.8, 4) is 5.75 Å².